The maximum Gasteiger partial charge on any atom is 0.145 e. The molecule has 0 rings (SSSR count). The average molecular weight is 154 g/mol. The van der Waals surface area contributed by atoms with Crippen LogP contribution in [0.4, 0.5) is 0 Å². The van der Waals surface area contributed by atoms with Crippen LogP contribution >= 0.6 is 0 Å². The van der Waals surface area contributed by atoms with Crippen LogP contribution in [-0.2, 0) is 9.59 Å². The summed E-state index contributed by atoms with van der Waals surface area (Å²) in [6.45, 7) is 6.76. The van der Waals surface area contributed by atoms with E-state index in [-0.39, 0.29) is 5.78 Å². The van der Waals surface area contributed by atoms with Gasteiger partial charge in [0.15, 0.2) is 0 Å². The number of ketones is 1. The van der Waals surface area contributed by atoms with Crippen molar-refractivity contribution in [1.82, 2.24) is 0 Å². The van der Waals surface area contributed by atoms with Gasteiger partial charge in [0.25, 0.3) is 0 Å². The van der Waals surface area contributed by atoms with E-state index in [4.69, 9.17) is 0 Å². The first-order chi connectivity index (χ1) is 5.04. The number of carbonyl (C=O) groups excluding carboxylic acids is 2. The number of Topliss-reactive ketones (excluding diaryl/α,β-unsaturated/α-hetero) is 1. The van der Waals surface area contributed by atoms with Gasteiger partial charge in [-0.1, -0.05) is 6.08 Å². The molecule has 0 fully saturated rings. The molecule has 0 aromatic carbocycles. The number of carbonyl (C=O) groups is 2. The third-order valence-corrected chi connectivity index (χ3v) is 1.59. The van der Waals surface area contributed by atoms with E-state index in [9.17, 15) is 9.59 Å². The predicted molar refractivity (Wildman–Crippen MR) is 44.3 cm³/mol. The van der Waals surface area contributed by atoms with Crippen molar-refractivity contribution in [2.45, 2.75) is 26.7 Å². The van der Waals surface area contributed by atoms with Crippen LogP contribution in [0.5, 0.6) is 0 Å². The molecule has 0 saturated heterocycles. The van der Waals surface area contributed by atoms with Crippen molar-refractivity contribution >= 4 is 12.1 Å². The molecule has 0 saturated carbocycles. The van der Waals surface area contributed by atoms with Gasteiger partial charge in [-0.15, -0.1) is 6.58 Å². The summed E-state index contributed by atoms with van der Waals surface area (Å²) < 4.78 is 0. The summed E-state index contributed by atoms with van der Waals surface area (Å²) in [4.78, 5) is 21.6. The Morgan fingerprint density at radius 3 is 2.45 bits per heavy atom. The molecule has 0 aliphatic rings. The Morgan fingerprint density at radius 2 is 2.09 bits per heavy atom. The third-order valence-electron chi connectivity index (χ3n) is 1.59. The standard InChI is InChI=1S/C9H14O2/c1-4-5-6-8(11)9(2,3)7-10/h4,7H,1,5-6H2,2-3H3. The number of hydrogen-bond acceptors (Lipinski definition) is 2. The van der Waals surface area contributed by atoms with Gasteiger partial charge in [-0.3, -0.25) is 4.79 Å². The van der Waals surface area contributed by atoms with Crippen molar-refractivity contribution in [3.8, 4) is 0 Å². The highest BCUT2D eigenvalue weighted by Crippen LogP contribution is 2.15. The topological polar surface area (TPSA) is 34.1 Å². The molecule has 0 atom stereocenters. The Balaban J connectivity index is 4.01. The second kappa shape index (κ2) is 4.06. The summed E-state index contributed by atoms with van der Waals surface area (Å²) in [7, 11) is 0. The maximum absolute atomic E-state index is 11.2. The molecule has 0 N–H and O–H groups in total. The lowest BCUT2D eigenvalue weighted by atomic mass is 9.87. The molecule has 0 aliphatic carbocycles. The molecule has 0 unspecified atom stereocenters. The maximum atomic E-state index is 11.2. The van der Waals surface area contributed by atoms with Crippen molar-refractivity contribution in [3.63, 3.8) is 0 Å². The molecule has 62 valence electrons. The lowest BCUT2D eigenvalue weighted by molar-refractivity contribution is -0.132. The third kappa shape index (κ3) is 3.12. The molecule has 0 aromatic rings. The van der Waals surface area contributed by atoms with Gasteiger partial charge in [0.05, 0.1) is 5.41 Å². The summed E-state index contributed by atoms with van der Waals surface area (Å²) in [5.41, 5.74) is -0.816. The lowest BCUT2D eigenvalue weighted by Gasteiger charge is -2.13. The molecule has 0 radical (unpaired) electrons. The van der Waals surface area contributed by atoms with Gasteiger partial charge in [0, 0.05) is 6.42 Å². The molecule has 2 heteroatoms. The normalized spacial score (nSPS) is 10.7. The number of aldehydes is 1. The van der Waals surface area contributed by atoms with E-state index in [1.165, 1.54) is 0 Å². The fourth-order valence-electron chi connectivity index (χ4n) is 0.621. The van der Waals surface area contributed by atoms with Gasteiger partial charge < -0.3 is 4.79 Å². The molecule has 0 amide bonds. The Kier molecular flexibility index (Phi) is 3.72. The zero-order chi connectivity index (χ0) is 8.91. The minimum atomic E-state index is -0.816. The molecular formula is C9H14O2. The van der Waals surface area contributed by atoms with Crippen molar-refractivity contribution in [3.05, 3.63) is 12.7 Å². The van der Waals surface area contributed by atoms with Gasteiger partial charge in [-0.25, -0.2) is 0 Å². The quantitative estimate of drug-likeness (QED) is 0.343. The molecule has 0 spiro atoms. The molecule has 0 aliphatic heterocycles. The van der Waals surface area contributed by atoms with Gasteiger partial charge in [-0.05, 0) is 20.3 Å². The lowest BCUT2D eigenvalue weighted by Crippen LogP contribution is -2.25. The summed E-state index contributed by atoms with van der Waals surface area (Å²) in [6, 6.07) is 0. The van der Waals surface area contributed by atoms with Crippen molar-refractivity contribution in [2.24, 2.45) is 5.41 Å². The monoisotopic (exact) mass is 154 g/mol. The highest BCUT2D eigenvalue weighted by Gasteiger charge is 2.25. The van der Waals surface area contributed by atoms with Crippen molar-refractivity contribution in [2.75, 3.05) is 0 Å². The van der Waals surface area contributed by atoms with Crippen LogP contribution < -0.4 is 0 Å². The molecule has 0 aromatic heterocycles. The van der Waals surface area contributed by atoms with Crippen LogP contribution in [0.3, 0.4) is 0 Å². The second-order valence-electron chi connectivity index (χ2n) is 3.09. The van der Waals surface area contributed by atoms with Gasteiger partial charge >= 0.3 is 0 Å². The van der Waals surface area contributed by atoms with E-state index in [1.54, 1.807) is 19.9 Å². The first-order valence-corrected chi connectivity index (χ1v) is 3.65. The molecule has 2 nitrogen and oxygen atoms in total. The van der Waals surface area contributed by atoms with E-state index in [0.717, 1.165) is 0 Å². The van der Waals surface area contributed by atoms with E-state index >= 15 is 0 Å². The van der Waals surface area contributed by atoms with E-state index in [0.29, 0.717) is 19.1 Å². The fourth-order valence-corrected chi connectivity index (χ4v) is 0.621. The largest absolute Gasteiger partial charge is 0.302 e. The minimum Gasteiger partial charge on any atom is -0.302 e. The first kappa shape index (κ1) is 10.1. The second-order valence-corrected chi connectivity index (χ2v) is 3.09. The Bertz CT molecular complexity index is 168. The van der Waals surface area contributed by atoms with Crippen LogP contribution in [0.15, 0.2) is 12.7 Å². The predicted octanol–water partition coefficient (Wildman–Crippen LogP) is 1.75. The van der Waals surface area contributed by atoms with E-state index in [1.807, 2.05) is 0 Å². The Morgan fingerprint density at radius 1 is 1.55 bits per heavy atom. The molecule has 0 heterocycles. The van der Waals surface area contributed by atoms with Crippen molar-refractivity contribution < 1.29 is 9.59 Å². The minimum absolute atomic E-state index is 0.0209. The summed E-state index contributed by atoms with van der Waals surface area (Å²) >= 11 is 0. The van der Waals surface area contributed by atoms with Gasteiger partial charge in [0.1, 0.15) is 12.1 Å². The average Bonchev–Trinajstić information content (AvgIpc) is 2.00. The molecule has 11 heavy (non-hydrogen) atoms. The number of rotatable bonds is 5. The van der Waals surface area contributed by atoms with Crippen molar-refractivity contribution in [1.29, 1.82) is 0 Å². The van der Waals surface area contributed by atoms with Gasteiger partial charge in [-0.2, -0.15) is 0 Å². The SMILES string of the molecule is C=CCCC(=O)C(C)(C)C=O. The fraction of sp³-hybridized carbons (Fsp3) is 0.556. The smallest absolute Gasteiger partial charge is 0.145 e. The van der Waals surface area contributed by atoms with Gasteiger partial charge in [0.2, 0.25) is 0 Å². The summed E-state index contributed by atoms with van der Waals surface area (Å²) in [5, 5.41) is 0. The number of allylic oxidation sites excluding steroid dienone is 1. The highest BCUT2D eigenvalue weighted by molar-refractivity contribution is 5.97. The van der Waals surface area contributed by atoms with Crippen LogP contribution in [-0.4, -0.2) is 12.1 Å². The van der Waals surface area contributed by atoms with E-state index in [2.05, 4.69) is 6.58 Å². The summed E-state index contributed by atoms with van der Waals surface area (Å²) in [6.07, 6.45) is 3.43. The van der Waals surface area contributed by atoms with Crippen LogP contribution in [0.2, 0.25) is 0 Å². The Labute approximate surface area is 67.3 Å². The van der Waals surface area contributed by atoms with Crippen LogP contribution in [0.1, 0.15) is 26.7 Å². The molecule has 0 bridgehead atoms. The van der Waals surface area contributed by atoms with Crippen LogP contribution in [0, 0.1) is 5.41 Å². The zero-order valence-electron chi connectivity index (χ0n) is 7.09. The van der Waals surface area contributed by atoms with Crippen LogP contribution in [0.25, 0.3) is 0 Å². The number of hydrogen-bond donors (Lipinski definition) is 0. The highest BCUT2D eigenvalue weighted by atomic mass is 16.1. The zero-order valence-corrected chi connectivity index (χ0v) is 7.09. The van der Waals surface area contributed by atoms with E-state index < -0.39 is 5.41 Å². The summed E-state index contributed by atoms with van der Waals surface area (Å²) in [5.74, 6) is -0.0209. The Hall–Kier alpha value is -0.920. The first-order valence-electron chi connectivity index (χ1n) is 3.65. The molecular weight excluding hydrogens is 140 g/mol.